The quantitative estimate of drug-likeness (QED) is 0.689. The van der Waals surface area contributed by atoms with Gasteiger partial charge in [-0.05, 0) is 30.3 Å². The van der Waals surface area contributed by atoms with Crippen LogP contribution in [0.3, 0.4) is 0 Å². The molecule has 0 fully saturated rings. The summed E-state index contributed by atoms with van der Waals surface area (Å²) in [5, 5.41) is 0. The molecule has 0 saturated carbocycles. The van der Waals surface area contributed by atoms with Crippen molar-refractivity contribution in [1.82, 2.24) is 4.98 Å². The van der Waals surface area contributed by atoms with Crippen LogP contribution in [-0.2, 0) is 0 Å². The number of rotatable bonds is 2. The van der Waals surface area contributed by atoms with Gasteiger partial charge >= 0.3 is 0 Å². The molecule has 0 aliphatic carbocycles. The van der Waals surface area contributed by atoms with Crippen LogP contribution in [0.5, 0.6) is 5.75 Å². The van der Waals surface area contributed by atoms with E-state index in [1.165, 1.54) is 6.07 Å². The van der Waals surface area contributed by atoms with Crippen molar-refractivity contribution in [1.29, 1.82) is 0 Å². The van der Waals surface area contributed by atoms with E-state index in [0.717, 1.165) is 5.56 Å². The Morgan fingerprint density at radius 2 is 2.00 bits per heavy atom. The van der Waals surface area contributed by atoms with Gasteiger partial charge in [0.2, 0.25) is 5.89 Å². The molecule has 0 amide bonds. The lowest BCUT2D eigenvalue weighted by atomic mass is 10.2. The molecule has 3 nitrogen and oxygen atoms in total. The van der Waals surface area contributed by atoms with Crippen molar-refractivity contribution >= 4 is 11.1 Å². The van der Waals surface area contributed by atoms with E-state index >= 15 is 0 Å². The fourth-order valence-electron chi connectivity index (χ4n) is 1.80. The number of methoxy groups -OCH3 is 1. The summed E-state index contributed by atoms with van der Waals surface area (Å²) in [5.74, 6) is 0.679. The largest absolute Gasteiger partial charge is 0.497 e. The number of halogens is 1. The van der Waals surface area contributed by atoms with Crippen molar-refractivity contribution in [2.24, 2.45) is 0 Å². The summed E-state index contributed by atoms with van der Waals surface area (Å²) in [6.07, 6.45) is 0. The van der Waals surface area contributed by atoms with E-state index in [-0.39, 0.29) is 5.58 Å². The molecule has 1 heterocycles. The number of hydrogen-bond acceptors (Lipinski definition) is 3. The van der Waals surface area contributed by atoms with Crippen LogP contribution in [0.25, 0.3) is 22.6 Å². The van der Waals surface area contributed by atoms with Gasteiger partial charge in [-0.25, -0.2) is 9.37 Å². The van der Waals surface area contributed by atoms with E-state index < -0.39 is 5.82 Å². The molecule has 0 atom stereocenters. The summed E-state index contributed by atoms with van der Waals surface area (Å²) >= 11 is 0. The highest BCUT2D eigenvalue weighted by Crippen LogP contribution is 2.27. The van der Waals surface area contributed by atoms with Crippen LogP contribution < -0.4 is 4.74 Å². The Morgan fingerprint density at radius 1 is 1.17 bits per heavy atom. The topological polar surface area (TPSA) is 35.3 Å². The van der Waals surface area contributed by atoms with Crippen LogP contribution in [0, 0.1) is 5.82 Å². The first kappa shape index (κ1) is 10.8. The van der Waals surface area contributed by atoms with Crippen molar-refractivity contribution in [2.45, 2.75) is 0 Å². The van der Waals surface area contributed by atoms with E-state index in [1.54, 1.807) is 25.3 Å². The second-order valence-corrected chi connectivity index (χ2v) is 3.84. The fourth-order valence-corrected chi connectivity index (χ4v) is 1.80. The smallest absolute Gasteiger partial charge is 0.227 e. The first-order valence-corrected chi connectivity index (χ1v) is 5.47. The number of nitrogens with zero attached hydrogens (tertiary/aromatic N) is 1. The summed E-state index contributed by atoms with van der Waals surface area (Å²) in [6, 6.07) is 12.0. The molecule has 3 rings (SSSR count). The Labute approximate surface area is 103 Å². The van der Waals surface area contributed by atoms with Crippen LogP contribution in [0.1, 0.15) is 0 Å². The summed E-state index contributed by atoms with van der Waals surface area (Å²) in [7, 11) is 1.59. The van der Waals surface area contributed by atoms with Crippen LogP contribution in [0.15, 0.2) is 46.9 Å². The zero-order chi connectivity index (χ0) is 12.5. The van der Waals surface area contributed by atoms with Gasteiger partial charge in [-0.1, -0.05) is 12.1 Å². The molecule has 0 spiro atoms. The van der Waals surface area contributed by atoms with Crippen LogP contribution in [-0.4, -0.2) is 12.1 Å². The first-order valence-electron chi connectivity index (χ1n) is 5.47. The molecule has 0 N–H and O–H groups in total. The van der Waals surface area contributed by atoms with Gasteiger partial charge in [0.1, 0.15) is 11.3 Å². The maximum absolute atomic E-state index is 13.5. The molecular weight excluding hydrogens is 233 g/mol. The number of oxazole rings is 1. The van der Waals surface area contributed by atoms with Crippen molar-refractivity contribution in [3.63, 3.8) is 0 Å². The van der Waals surface area contributed by atoms with Gasteiger partial charge < -0.3 is 9.15 Å². The van der Waals surface area contributed by atoms with E-state index in [9.17, 15) is 4.39 Å². The average Bonchev–Trinajstić information content (AvgIpc) is 2.84. The molecule has 0 unspecified atom stereocenters. The Balaban J connectivity index is 2.16. The summed E-state index contributed by atoms with van der Waals surface area (Å²) in [4.78, 5) is 4.26. The second-order valence-electron chi connectivity index (χ2n) is 3.84. The van der Waals surface area contributed by atoms with Gasteiger partial charge in [-0.2, -0.15) is 0 Å². The molecule has 3 aromatic rings. The van der Waals surface area contributed by atoms with Gasteiger partial charge in [-0.15, -0.1) is 0 Å². The molecule has 0 aliphatic heterocycles. The third-order valence-corrected chi connectivity index (χ3v) is 2.68. The predicted octanol–water partition coefficient (Wildman–Crippen LogP) is 3.64. The SMILES string of the molecule is COc1cccc(-c2nc3cccc(F)c3o2)c1. The number of benzene rings is 2. The lowest BCUT2D eigenvalue weighted by molar-refractivity contribution is 0.415. The average molecular weight is 243 g/mol. The van der Waals surface area contributed by atoms with Crippen LogP contribution >= 0.6 is 0 Å². The summed E-state index contributed by atoms with van der Waals surface area (Å²) < 4.78 is 24.1. The minimum atomic E-state index is -0.408. The highest BCUT2D eigenvalue weighted by Gasteiger charge is 2.11. The number of para-hydroxylation sites is 1. The van der Waals surface area contributed by atoms with Crippen LogP contribution in [0.4, 0.5) is 4.39 Å². The molecule has 0 bridgehead atoms. The van der Waals surface area contributed by atoms with Crippen molar-refractivity contribution in [2.75, 3.05) is 7.11 Å². The minimum absolute atomic E-state index is 0.176. The van der Waals surface area contributed by atoms with E-state index in [0.29, 0.717) is 17.2 Å². The molecule has 0 aliphatic rings. The van der Waals surface area contributed by atoms with Crippen molar-refractivity contribution < 1.29 is 13.5 Å². The third kappa shape index (κ3) is 1.72. The number of ether oxygens (including phenoxy) is 1. The predicted molar refractivity (Wildman–Crippen MR) is 66.0 cm³/mol. The summed E-state index contributed by atoms with van der Waals surface area (Å²) in [6.45, 7) is 0. The van der Waals surface area contributed by atoms with Crippen molar-refractivity contribution in [3.8, 4) is 17.2 Å². The lowest BCUT2D eigenvalue weighted by Gasteiger charge is -2.00. The number of fused-ring (bicyclic) bond motifs is 1. The Kier molecular flexibility index (Phi) is 2.48. The van der Waals surface area contributed by atoms with Crippen LogP contribution in [0.2, 0.25) is 0 Å². The minimum Gasteiger partial charge on any atom is -0.497 e. The van der Waals surface area contributed by atoms with Gasteiger partial charge in [0.15, 0.2) is 11.4 Å². The van der Waals surface area contributed by atoms with Gasteiger partial charge in [-0.3, -0.25) is 0 Å². The van der Waals surface area contributed by atoms with E-state index in [2.05, 4.69) is 4.98 Å². The van der Waals surface area contributed by atoms with Crippen molar-refractivity contribution in [3.05, 3.63) is 48.3 Å². The summed E-state index contributed by atoms with van der Waals surface area (Å²) in [5.41, 5.74) is 1.44. The van der Waals surface area contributed by atoms with Gasteiger partial charge in [0.05, 0.1) is 7.11 Å². The maximum atomic E-state index is 13.5. The Bertz CT molecular complexity index is 706. The Hall–Kier alpha value is -2.36. The first-order chi connectivity index (χ1) is 8.78. The molecule has 4 heteroatoms. The molecule has 1 aromatic heterocycles. The van der Waals surface area contributed by atoms with Gasteiger partial charge in [0.25, 0.3) is 0 Å². The monoisotopic (exact) mass is 243 g/mol. The molecule has 2 aromatic carbocycles. The maximum Gasteiger partial charge on any atom is 0.227 e. The molecular formula is C14H10FNO2. The molecule has 0 radical (unpaired) electrons. The standard InChI is InChI=1S/C14H10FNO2/c1-17-10-5-2-4-9(8-10)14-16-12-7-3-6-11(15)13(12)18-14/h2-8H,1H3. The van der Waals surface area contributed by atoms with E-state index in [4.69, 9.17) is 9.15 Å². The lowest BCUT2D eigenvalue weighted by Crippen LogP contribution is -1.83. The molecule has 90 valence electrons. The zero-order valence-electron chi connectivity index (χ0n) is 9.68. The fraction of sp³-hybridized carbons (Fsp3) is 0.0714. The number of aromatic nitrogens is 1. The second kappa shape index (κ2) is 4.14. The molecule has 18 heavy (non-hydrogen) atoms. The van der Waals surface area contributed by atoms with Gasteiger partial charge in [0, 0.05) is 5.56 Å². The highest BCUT2D eigenvalue weighted by atomic mass is 19.1. The molecule has 0 saturated heterocycles. The third-order valence-electron chi connectivity index (χ3n) is 2.68. The number of hydrogen-bond donors (Lipinski definition) is 0. The Morgan fingerprint density at radius 3 is 2.78 bits per heavy atom. The highest BCUT2D eigenvalue weighted by molar-refractivity contribution is 5.76. The zero-order valence-corrected chi connectivity index (χ0v) is 9.68. The normalized spacial score (nSPS) is 10.8. The van der Waals surface area contributed by atoms with E-state index in [1.807, 2.05) is 18.2 Å².